The zero-order valence-corrected chi connectivity index (χ0v) is 11.7. The van der Waals surface area contributed by atoms with Gasteiger partial charge >= 0.3 is 6.18 Å². The van der Waals surface area contributed by atoms with Crippen molar-refractivity contribution in [3.8, 4) is 0 Å². The van der Waals surface area contributed by atoms with Crippen LogP contribution in [0.4, 0.5) is 13.2 Å². The second-order valence-electron chi connectivity index (χ2n) is 4.62. The molecule has 1 N–H and O–H groups in total. The SMILES string of the molecule is Cc1cc(CNC(=O)c2cc(C(F)(F)F)nn2C)nn1C. The van der Waals surface area contributed by atoms with Crippen molar-refractivity contribution in [2.75, 3.05) is 0 Å². The summed E-state index contributed by atoms with van der Waals surface area (Å²) in [6.45, 7) is 1.99. The number of alkyl halides is 3. The minimum absolute atomic E-state index is 0.132. The number of hydrogen-bond donors (Lipinski definition) is 1. The molecular formula is C12H14F3N5O. The summed E-state index contributed by atoms with van der Waals surface area (Å²) in [5.41, 5.74) is 0.291. The van der Waals surface area contributed by atoms with E-state index < -0.39 is 17.8 Å². The number of amides is 1. The van der Waals surface area contributed by atoms with Gasteiger partial charge in [-0.1, -0.05) is 0 Å². The molecule has 0 aliphatic heterocycles. The minimum Gasteiger partial charge on any atom is -0.345 e. The van der Waals surface area contributed by atoms with E-state index in [0.29, 0.717) is 5.69 Å². The Bertz CT molecular complexity index is 651. The quantitative estimate of drug-likeness (QED) is 0.932. The van der Waals surface area contributed by atoms with E-state index in [9.17, 15) is 18.0 Å². The third-order valence-electron chi connectivity index (χ3n) is 3.00. The van der Waals surface area contributed by atoms with Gasteiger partial charge in [-0.2, -0.15) is 23.4 Å². The third kappa shape index (κ3) is 3.23. The van der Waals surface area contributed by atoms with Crippen LogP contribution in [-0.4, -0.2) is 25.5 Å². The Kier molecular flexibility index (Phi) is 3.75. The molecule has 21 heavy (non-hydrogen) atoms. The average molecular weight is 301 g/mol. The van der Waals surface area contributed by atoms with Crippen LogP contribution in [-0.2, 0) is 26.8 Å². The monoisotopic (exact) mass is 301 g/mol. The van der Waals surface area contributed by atoms with Gasteiger partial charge < -0.3 is 5.32 Å². The molecule has 0 unspecified atom stereocenters. The van der Waals surface area contributed by atoms with Crippen LogP contribution >= 0.6 is 0 Å². The number of hydrogen-bond acceptors (Lipinski definition) is 3. The number of rotatable bonds is 3. The van der Waals surface area contributed by atoms with Crippen LogP contribution in [0.15, 0.2) is 12.1 Å². The topological polar surface area (TPSA) is 64.7 Å². The Balaban J connectivity index is 2.08. The fraction of sp³-hybridized carbons (Fsp3) is 0.417. The molecule has 0 saturated heterocycles. The van der Waals surface area contributed by atoms with E-state index in [2.05, 4.69) is 15.5 Å². The maximum Gasteiger partial charge on any atom is 0.435 e. The number of carbonyl (C=O) groups is 1. The highest BCUT2D eigenvalue weighted by Crippen LogP contribution is 2.28. The van der Waals surface area contributed by atoms with Crippen molar-refractivity contribution >= 4 is 5.91 Å². The highest BCUT2D eigenvalue weighted by Gasteiger charge is 2.35. The largest absolute Gasteiger partial charge is 0.435 e. The highest BCUT2D eigenvalue weighted by atomic mass is 19.4. The third-order valence-corrected chi connectivity index (χ3v) is 3.00. The van der Waals surface area contributed by atoms with Crippen molar-refractivity contribution in [2.45, 2.75) is 19.6 Å². The van der Waals surface area contributed by atoms with Gasteiger partial charge in [-0.3, -0.25) is 14.2 Å². The number of halogens is 3. The van der Waals surface area contributed by atoms with Crippen molar-refractivity contribution < 1.29 is 18.0 Å². The first-order valence-electron chi connectivity index (χ1n) is 6.07. The van der Waals surface area contributed by atoms with E-state index in [1.54, 1.807) is 17.8 Å². The van der Waals surface area contributed by atoms with E-state index in [4.69, 9.17) is 0 Å². The molecule has 0 saturated carbocycles. The predicted molar refractivity (Wildman–Crippen MR) is 67.3 cm³/mol. The molecule has 0 atom stereocenters. The summed E-state index contributed by atoms with van der Waals surface area (Å²) in [7, 11) is 3.05. The summed E-state index contributed by atoms with van der Waals surface area (Å²) in [5, 5.41) is 9.95. The molecule has 1 amide bonds. The Morgan fingerprint density at radius 3 is 2.38 bits per heavy atom. The average Bonchev–Trinajstić information content (AvgIpc) is 2.90. The summed E-state index contributed by atoms with van der Waals surface area (Å²) in [4.78, 5) is 11.9. The number of aryl methyl sites for hydroxylation is 3. The minimum atomic E-state index is -4.58. The Morgan fingerprint density at radius 1 is 1.24 bits per heavy atom. The summed E-state index contributed by atoms with van der Waals surface area (Å²) in [6.07, 6.45) is -4.58. The van der Waals surface area contributed by atoms with Gasteiger partial charge in [-0.05, 0) is 13.0 Å². The molecule has 0 fully saturated rings. The second kappa shape index (κ2) is 5.23. The zero-order chi connectivity index (χ0) is 15.8. The molecule has 0 aliphatic rings. The molecule has 0 radical (unpaired) electrons. The maximum absolute atomic E-state index is 12.5. The molecule has 2 aromatic heterocycles. The molecule has 114 valence electrons. The zero-order valence-electron chi connectivity index (χ0n) is 11.7. The van der Waals surface area contributed by atoms with Crippen LogP contribution < -0.4 is 5.32 Å². The Morgan fingerprint density at radius 2 is 1.90 bits per heavy atom. The smallest absolute Gasteiger partial charge is 0.345 e. The van der Waals surface area contributed by atoms with Crippen molar-refractivity contribution in [3.05, 3.63) is 34.9 Å². The molecule has 0 aliphatic carbocycles. The van der Waals surface area contributed by atoms with Crippen LogP contribution in [0.1, 0.15) is 27.6 Å². The van der Waals surface area contributed by atoms with E-state index in [0.717, 1.165) is 16.4 Å². The summed E-state index contributed by atoms with van der Waals surface area (Å²) in [6, 6.07) is 2.50. The molecule has 0 bridgehead atoms. The van der Waals surface area contributed by atoms with Crippen LogP contribution in [0.5, 0.6) is 0 Å². The molecule has 2 aromatic rings. The highest BCUT2D eigenvalue weighted by molar-refractivity contribution is 5.92. The molecule has 6 nitrogen and oxygen atoms in total. The predicted octanol–water partition coefficient (Wildman–Crippen LogP) is 1.41. The van der Waals surface area contributed by atoms with Gasteiger partial charge in [0.25, 0.3) is 5.91 Å². The Hall–Kier alpha value is -2.32. The summed E-state index contributed by atoms with van der Waals surface area (Å²) >= 11 is 0. The van der Waals surface area contributed by atoms with Crippen LogP contribution in [0.3, 0.4) is 0 Å². The first-order valence-corrected chi connectivity index (χ1v) is 6.07. The van der Waals surface area contributed by atoms with Gasteiger partial charge in [0.05, 0.1) is 12.2 Å². The molecule has 0 spiro atoms. The normalized spacial score (nSPS) is 11.7. The van der Waals surface area contributed by atoms with Crippen LogP contribution in [0.25, 0.3) is 0 Å². The van der Waals surface area contributed by atoms with E-state index in [-0.39, 0.29) is 12.2 Å². The molecule has 2 rings (SSSR count). The fourth-order valence-corrected chi connectivity index (χ4v) is 1.80. The second-order valence-corrected chi connectivity index (χ2v) is 4.62. The van der Waals surface area contributed by atoms with Crippen molar-refractivity contribution in [3.63, 3.8) is 0 Å². The van der Waals surface area contributed by atoms with Gasteiger partial charge in [-0.15, -0.1) is 0 Å². The maximum atomic E-state index is 12.5. The molecule has 9 heteroatoms. The lowest BCUT2D eigenvalue weighted by molar-refractivity contribution is -0.141. The first-order chi connectivity index (χ1) is 9.68. The van der Waals surface area contributed by atoms with Gasteiger partial charge in [0.15, 0.2) is 5.69 Å². The summed E-state index contributed by atoms with van der Waals surface area (Å²) in [5.74, 6) is -0.635. The van der Waals surface area contributed by atoms with Crippen LogP contribution in [0.2, 0.25) is 0 Å². The van der Waals surface area contributed by atoms with Gasteiger partial charge in [0.1, 0.15) is 5.69 Å². The first kappa shape index (κ1) is 15.1. The van der Waals surface area contributed by atoms with Gasteiger partial charge in [0.2, 0.25) is 0 Å². The van der Waals surface area contributed by atoms with Crippen molar-refractivity contribution in [1.82, 2.24) is 24.9 Å². The van der Waals surface area contributed by atoms with E-state index in [1.165, 1.54) is 7.05 Å². The fourth-order valence-electron chi connectivity index (χ4n) is 1.80. The number of aromatic nitrogens is 4. The van der Waals surface area contributed by atoms with E-state index >= 15 is 0 Å². The number of carbonyl (C=O) groups excluding carboxylic acids is 1. The van der Waals surface area contributed by atoms with Crippen LogP contribution in [0, 0.1) is 6.92 Å². The molecule has 2 heterocycles. The Labute approximate surface area is 118 Å². The lowest BCUT2D eigenvalue weighted by Gasteiger charge is -2.02. The lowest BCUT2D eigenvalue weighted by Crippen LogP contribution is -2.25. The standard InChI is InChI=1S/C12H14F3N5O/c1-7-4-8(17-19(7)2)6-16-11(21)9-5-10(12(13,14)15)18-20(9)3/h4-5H,6H2,1-3H3,(H,16,21). The summed E-state index contributed by atoms with van der Waals surface area (Å²) < 4.78 is 40.1. The molecule has 0 aromatic carbocycles. The molecular weight excluding hydrogens is 287 g/mol. The van der Waals surface area contributed by atoms with Crippen molar-refractivity contribution in [1.29, 1.82) is 0 Å². The number of nitrogens with one attached hydrogen (secondary N) is 1. The van der Waals surface area contributed by atoms with E-state index in [1.807, 2.05) is 6.92 Å². The van der Waals surface area contributed by atoms with Crippen molar-refractivity contribution in [2.24, 2.45) is 14.1 Å². The van der Waals surface area contributed by atoms with Gasteiger partial charge in [-0.25, -0.2) is 0 Å². The van der Waals surface area contributed by atoms with Gasteiger partial charge in [0, 0.05) is 25.9 Å². The lowest BCUT2D eigenvalue weighted by atomic mass is 10.3. The number of nitrogens with zero attached hydrogens (tertiary/aromatic N) is 4.